The summed E-state index contributed by atoms with van der Waals surface area (Å²) in [6.45, 7) is 0.518. The largest absolute Gasteiger partial charge is 0.354 e. The second-order valence-corrected chi connectivity index (χ2v) is 5.03. The number of carbonyl (C=O) groups excluding carboxylic acids is 1. The maximum absolute atomic E-state index is 11.9. The zero-order valence-corrected chi connectivity index (χ0v) is 12.2. The van der Waals surface area contributed by atoms with E-state index in [-0.39, 0.29) is 5.91 Å². The summed E-state index contributed by atoms with van der Waals surface area (Å²) in [5.74, 6) is 0.723. The first-order valence-corrected chi connectivity index (χ1v) is 7.07. The Labute approximate surface area is 124 Å². The lowest BCUT2D eigenvalue weighted by Gasteiger charge is -2.12. The van der Waals surface area contributed by atoms with Crippen molar-refractivity contribution in [3.05, 3.63) is 48.0 Å². The van der Waals surface area contributed by atoms with E-state index in [0.717, 1.165) is 12.2 Å². The van der Waals surface area contributed by atoms with Crippen molar-refractivity contribution < 1.29 is 4.79 Å². The number of hydrogen-bond donors (Lipinski definition) is 2. The second-order valence-electron chi connectivity index (χ2n) is 5.03. The van der Waals surface area contributed by atoms with Crippen molar-refractivity contribution >= 4 is 5.91 Å². The van der Waals surface area contributed by atoms with Gasteiger partial charge in [0.15, 0.2) is 0 Å². The van der Waals surface area contributed by atoms with Crippen LogP contribution in [0.15, 0.2) is 36.7 Å². The second kappa shape index (κ2) is 7.54. The molecule has 21 heavy (non-hydrogen) atoms. The lowest BCUT2D eigenvalue weighted by molar-refractivity contribution is -0.122. The van der Waals surface area contributed by atoms with Gasteiger partial charge in [-0.1, -0.05) is 30.3 Å². The van der Waals surface area contributed by atoms with Gasteiger partial charge in [0.2, 0.25) is 5.91 Å². The van der Waals surface area contributed by atoms with E-state index in [9.17, 15) is 4.79 Å². The van der Waals surface area contributed by atoms with Gasteiger partial charge in [-0.25, -0.2) is 0 Å². The van der Waals surface area contributed by atoms with E-state index >= 15 is 0 Å². The van der Waals surface area contributed by atoms with Gasteiger partial charge in [0.25, 0.3) is 0 Å². The molecule has 1 aromatic carbocycles. The Morgan fingerprint density at radius 2 is 2.10 bits per heavy atom. The summed E-state index contributed by atoms with van der Waals surface area (Å²) < 4.78 is 1.83. The Bertz CT molecular complexity index is 566. The lowest BCUT2D eigenvalue weighted by atomic mass is 10.1. The predicted octanol–water partition coefficient (Wildman–Crippen LogP) is 0.434. The molecule has 2 rings (SSSR count). The van der Waals surface area contributed by atoms with E-state index < -0.39 is 6.04 Å². The van der Waals surface area contributed by atoms with Gasteiger partial charge >= 0.3 is 0 Å². The topological polar surface area (TPSA) is 85.8 Å². The summed E-state index contributed by atoms with van der Waals surface area (Å²) in [6, 6.07) is 9.55. The van der Waals surface area contributed by atoms with Gasteiger partial charge in [-0.05, 0) is 18.4 Å². The van der Waals surface area contributed by atoms with Gasteiger partial charge < -0.3 is 15.6 Å². The number of benzene rings is 1. The molecule has 2 aromatic rings. The highest BCUT2D eigenvalue weighted by atomic mass is 16.2. The van der Waals surface area contributed by atoms with Crippen molar-refractivity contribution in [3.8, 4) is 0 Å². The first kappa shape index (κ1) is 15.2. The van der Waals surface area contributed by atoms with E-state index in [4.69, 9.17) is 5.73 Å². The molecule has 1 heterocycles. The van der Waals surface area contributed by atoms with E-state index in [2.05, 4.69) is 15.5 Å². The lowest BCUT2D eigenvalue weighted by Crippen LogP contribution is -2.41. The predicted molar refractivity (Wildman–Crippen MR) is 80.5 cm³/mol. The fraction of sp³-hybridized carbons (Fsp3) is 0.400. The van der Waals surface area contributed by atoms with Crippen LogP contribution in [0, 0.1) is 0 Å². The highest BCUT2D eigenvalue weighted by Gasteiger charge is 2.13. The van der Waals surface area contributed by atoms with E-state index in [0.29, 0.717) is 19.4 Å². The van der Waals surface area contributed by atoms with Crippen LogP contribution < -0.4 is 11.1 Å². The third-order valence-electron chi connectivity index (χ3n) is 3.38. The van der Waals surface area contributed by atoms with Crippen molar-refractivity contribution in [2.24, 2.45) is 12.8 Å². The SMILES string of the molecule is Cn1cnnc1CCNC(=O)C(N)CCc1ccccc1. The number of aryl methyl sites for hydroxylation is 2. The van der Waals surface area contributed by atoms with Crippen LogP contribution >= 0.6 is 0 Å². The minimum atomic E-state index is -0.482. The average Bonchev–Trinajstić information content (AvgIpc) is 2.91. The molecule has 6 nitrogen and oxygen atoms in total. The van der Waals surface area contributed by atoms with Crippen LogP contribution in [0.1, 0.15) is 17.8 Å². The summed E-state index contributed by atoms with van der Waals surface area (Å²) in [7, 11) is 1.88. The van der Waals surface area contributed by atoms with Gasteiger partial charge in [-0.3, -0.25) is 4.79 Å². The van der Waals surface area contributed by atoms with Crippen molar-refractivity contribution in [2.45, 2.75) is 25.3 Å². The third-order valence-corrected chi connectivity index (χ3v) is 3.38. The Balaban J connectivity index is 1.69. The Morgan fingerprint density at radius 1 is 1.33 bits per heavy atom. The highest BCUT2D eigenvalue weighted by Crippen LogP contribution is 2.04. The van der Waals surface area contributed by atoms with Crippen molar-refractivity contribution in [1.29, 1.82) is 0 Å². The number of amides is 1. The third kappa shape index (κ3) is 4.68. The van der Waals surface area contributed by atoms with Gasteiger partial charge in [0.05, 0.1) is 6.04 Å². The van der Waals surface area contributed by atoms with Crippen molar-refractivity contribution in [3.63, 3.8) is 0 Å². The van der Waals surface area contributed by atoms with E-state index in [1.165, 1.54) is 5.56 Å². The van der Waals surface area contributed by atoms with Crippen LogP contribution in [-0.2, 0) is 24.7 Å². The molecule has 112 valence electrons. The first-order chi connectivity index (χ1) is 10.2. The van der Waals surface area contributed by atoms with Gasteiger partial charge in [-0.2, -0.15) is 0 Å². The molecule has 0 aliphatic heterocycles. The van der Waals surface area contributed by atoms with Crippen LogP contribution in [0.3, 0.4) is 0 Å². The molecule has 3 N–H and O–H groups in total. The van der Waals surface area contributed by atoms with E-state index in [1.807, 2.05) is 41.9 Å². The van der Waals surface area contributed by atoms with Crippen molar-refractivity contribution in [2.75, 3.05) is 6.54 Å². The molecule has 0 saturated carbocycles. The fourth-order valence-electron chi connectivity index (χ4n) is 2.06. The average molecular weight is 287 g/mol. The number of hydrogen-bond acceptors (Lipinski definition) is 4. The fourth-order valence-corrected chi connectivity index (χ4v) is 2.06. The highest BCUT2D eigenvalue weighted by molar-refractivity contribution is 5.81. The monoisotopic (exact) mass is 287 g/mol. The van der Waals surface area contributed by atoms with Crippen LogP contribution in [-0.4, -0.2) is 33.3 Å². The molecule has 0 aliphatic rings. The number of nitrogens with two attached hydrogens (primary N) is 1. The van der Waals surface area contributed by atoms with Gasteiger partial charge in [0, 0.05) is 20.0 Å². The first-order valence-electron chi connectivity index (χ1n) is 7.07. The number of carbonyl (C=O) groups is 1. The number of aromatic nitrogens is 3. The Morgan fingerprint density at radius 3 is 2.76 bits per heavy atom. The summed E-state index contributed by atoms with van der Waals surface area (Å²) in [4.78, 5) is 11.9. The molecule has 0 fully saturated rings. The Hall–Kier alpha value is -2.21. The molecule has 1 amide bonds. The van der Waals surface area contributed by atoms with Crippen LogP contribution in [0.2, 0.25) is 0 Å². The maximum atomic E-state index is 11.9. The van der Waals surface area contributed by atoms with Crippen LogP contribution in [0.25, 0.3) is 0 Å². The summed E-state index contributed by atoms with van der Waals surface area (Å²) in [6.07, 6.45) is 3.73. The molecular weight excluding hydrogens is 266 g/mol. The molecule has 0 aliphatic carbocycles. The zero-order valence-electron chi connectivity index (χ0n) is 12.2. The quantitative estimate of drug-likeness (QED) is 0.773. The summed E-state index contributed by atoms with van der Waals surface area (Å²) in [5, 5.41) is 10.6. The van der Waals surface area contributed by atoms with Crippen molar-refractivity contribution in [1.82, 2.24) is 20.1 Å². The number of nitrogens with one attached hydrogen (secondary N) is 1. The summed E-state index contributed by atoms with van der Waals surface area (Å²) >= 11 is 0. The smallest absolute Gasteiger partial charge is 0.236 e. The molecule has 6 heteroatoms. The molecule has 0 saturated heterocycles. The minimum absolute atomic E-state index is 0.118. The Kier molecular flexibility index (Phi) is 5.45. The molecule has 1 unspecified atom stereocenters. The zero-order chi connectivity index (χ0) is 15.1. The molecule has 1 aromatic heterocycles. The van der Waals surface area contributed by atoms with Crippen LogP contribution in [0.5, 0.6) is 0 Å². The van der Waals surface area contributed by atoms with E-state index in [1.54, 1.807) is 6.33 Å². The van der Waals surface area contributed by atoms with Gasteiger partial charge in [-0.15, -0.1) is 10.2 Å². The van der Waals surface area contributed by atoms with Gasteiger partial charge in [0.1, 0.15) is 12.2 Å². The number of rotatable bonds is 7. The molecule has 0 spiro atoms. The maximum Gasteiger partial charge on any atom is 0.236 e. The minimum Gasteiger partial charge on any atom is -0.354 e. The molecule has 1 atom stereocenters. The normalized spacial score (nSPS) is 12.1. The molecule has 0 radical (unpaired) electrons. The summed E-state index contributed by atoms with van der Waals surface area (Å²) in [5.41, 5.74) is 7.10. The molecular formula is C15H21N5O. The van der Waals surface area contributed by atoms with Crippen LogP contribution in [0.4, 0.5) is 0 Å². The molecule has 0 bridgehead atoms. The standard InChI is InChI=1S/C15H21N5O/c1-20-11-18-19-14(20)9-10-17-15(21)13(16)8-7-12-5-3-2-4-6-12/h2-6,11,13H,7-10,16H2,1H3,(H,17,21). The number of nitrogens with zero attached hydrogens (tertiary/aromatic N) is 3.